The van der Waals surface area contributed by atoms with Crippen LogP contribution in [0.3, 0.4) is 0 Å². The van der Waals surface area contributed by atoms with Crippen molar-refractivity contribution in [3.63, 3.8) is 0 Å². The highest BCUT2D eigenvalue weighted by Crippen LogP contribution is 2.64. The van der Waals surface area contributed by atoms with Gasteiger partial charge in [-0.3, -0.25) is 4.57 Å². The number of ether oxygens (including phenoxy) is 1. The summed E-state index contributed by atoms with van der Waals surface area (Å²) in [5.74, 6) is 0.472. The molecule has 0 aromatic carbocycles. The van der Waals surface area contributed by atoms with Gasteiger partial charge in [0.2, 0.25) is 0 Å². The number of nitrogen functional groups attached to an aromatic ring is 1. The lowest BCUT2D eigenvalue weighted by Crippen LogP contribution is -2.37. The van der Waals surface area contributed by atoms with Crippen molar-refractivity contribution in [1.29, 1.82) is 0 Å². The Morgan fingerprint density at radius 3 is 3.00 bits per heavy atom. The van der Waals surface area contributed by atoms with Gasteiger partial charge in [-0.1, -0.05) is 0 Å². The van der Waals surface area contributed by atoms with Crippen LogP contribution in [0.1, 0.15) is 6.23 Å². The minimum absolute atomic E-state index is 0.0955. The highest BCUT2D eigenvalue weighted by Gasteiger charge is 2.86. The van der Waals surface area contributed by atoms with Crippen molar-refractivity contribution in [2.75, 3.05) is 17.7 Å². The lowest BCUT2D eigenvalue weighted by Gasteiger charge is -2.22. The van der Waals surface area contributed by atoms with E-state index >= 15 is 0 Å². The van der Waals surface area contributed by atoms with Crippen LogP contribution < -0.4 is 11.4 Å². The van der Waals surface area contributed by atoms with Crippen LogP contribution in [0.4, 0.5) is 5.82 Å². The molecule has 1 aliphatic carbocycles. The van der Waals surface area contributed by atoms with E-state index in [9.17, 15) is 15.0 Å². The van der Waals surface area contributed by atoms with E-state index in [-0.39, 0.29) is 5.82 Å². The van der Waals surface area contributed by atoms with E-state index in [4.69, 9.17) is 22.1 Å². The second-order valence-corrected chi connectivity index (χ2v) is 6.34. The second-order valence-electron chi connectivity index (χ2n) is 5.00. The van der Waals surface area contributed by atoms with Gasteiger partial charge in [-0.15, -0.1) is 11.6 Å². The van der Waals surface area contributed by atoms with Gasteiger partial charge in [-0.05, 0) is 12.3 Å². The smallest absolute Gasteiger partial charge is 0.351 e. The number of halogens is 1. The third-order valence-electron chi connectivity index (χ3n) is 3.94. The number of fused-ring (bicyclic) bond motifs is 1. The van der Waals surface area contributed by atoms with Gasteiger partial charge < -0.3 is 20.7 Å². The summed E-state index contributed by atoms with van der Waals surface area (Å²) in [7, 11) is 0. The summed E-state index contributed by atoms with van der Waals surface area (Å²) >= 11 is 7.64. The van der Waals surface area contributed by atoms with Gasteiger partial charge in [0.15, 0.2) is 6.23 Å². The Kier molecular flexibility index (Phi) is 3.07. The molecule has 2 fully saturated rings. The number of rotatable bonds is 3. The molecule has 20 heavy (non-hydrogen) atoms. The topological polar surface area (TPSA) is 111 Å². The number of nitrogens with two attached hydrogens (primary N) is 1. The predicted octanol–water partition coefficient (Wildman–Crippen LogP) is -0.831. The molecule has 7 nitrogen and oxygen atoms in total. The maximum Gasteiger partial charge on any atom is 0.351 e. The van der Waals surface area contributed by atoms with Gasteiger partial charge >= 0.3 is 5.69 Å². The average molecular weight is 320 g/mol. The van der Waals surface area contributed by atoms with Gasteiger partial charge in [-0.25, -0.2) is 4.79 Å². The van der Waals surface area contributed by atoms with Crippen LogP contribution in [0, 0.1) is 0 Å². The summed E-state index contributed by atoms with van der Waals surface area (Å²) in [6.45, 7) is 0. The minimum Gasteiger partial charge on any atom is -0.387 e. The Balaban J connectivity index is 1.97. The fourth-order valence-electron chi connectivity index (χ4n) is 2.79. The normalized spacial score (nSPS) is 42.5. The summed E-state index contributed by atoms with van der Waals surface area (Å²) in [5.41, 5.74) is 2.13. The summed E-state index contributed by atoms with van der Waals surface area (Å²) in [4.78, 5) is 15.4. The van der Waals surface area contributed by atoms with Crippen LogP contribution in [0.5, 0.6) is 0 Å². The molecule has 1 aromatic heterocycles. The van der Waals surface area contributed by atoms with Crippen molar-refractivity contribution in [3.8, 4) is 0 Å². The van der Waals surface area contributed by atoms with Crippen LogP contribution >= 0.6 is 23.4 Å². The lowest BCUT2D eigenvalue weighted by molar-refractivity contribution is -0.0553. The van der Waals surface area contributed by atoms with E-state index in [1.165, 1.54) is 28.6 Å². The molecular weight excluding hydrogens is 306 g/mol. The standard InChI is InChI=1S/C11H14ClN3O4S/c1-20-4-10-8(16)11(10,18)6(12)7(19-10)15-3-2-5(13)14-9(15)17/h2-3,6-8,16,18H,4H2,1H3,(H2,13,14,17)/t6-,7+,8?,10?,11+/m0/s1. The number of alkyl halides is 1. The van der Waals surface area contributed by atoms with E-state index < -0.39 is 34.6 Å². The zero-order chi connectivity index (χ0) is 14.7. The number of aromatic nitrogens is 2. The molecule has 110 valence electrons. The fourth-order valence-corrected chi connectivity index (χ4v) is 4.15. The minimum atomic E-state index is -1.55. The molecule has 3 rings (SSSR count). The zero-order valence-electron chi connectivity index (χ0n) is 10.6. The van der Waals surface area contributed by atoms with Crippen LogP contribution in [0.25, 0.3) is 0 Å². The van der Waals surface area contributed by atoms with Gasteiger partial charge in [0.25, 0.3) is 0 Å². The zero-order valence-corrected chi connectivity index (χ0v) is 12.1. The van der Waals surface area contributed by atoms with Crippen molar-refractivity contribution >= 4 is 29.2 Å². The number of hydrogen-bond acceptors (Lipinski definition) is 7. The number of aliphatic hydroxyl groups is 2. The maximum atomic E-state index is 11.8. The molecule has 1 saturated carbocycles. The van der Waals surface area contributed by atoms with E-state index in [1.807, 2.05) is 6.26 Å². The number of anilines is 1. The summed E-state index contributed by atoms with van der Waals surface area (Å²) in [6, 6.07) is 1.44. The Morgan fingerprint density at radius 2 is 2.40 bits per heavy atom. The SMILES string of the molecule is CSCC12O[C@@H](n3ccc(N)nc3=O)[C@H](Cl)[C@@]1(O)C2O. The summed E-state index contributed by atoms with van der Waals surface area (Å²) < 4.78 is 6.90. The van der Waals surface area contributed by atoms with Crippen LogP contribution in [-0.4, -0.2) is 54.5 Å². The lowest BCUT2D eigenvalue weighted by atomic mass is 10.2. The van der Waals surface area contributed by atoms with Crippen molar-refractivity contribution in [2.45, 2.75) is 28.9 Å². The second kappa shape index (κ2) is 4.35. The molecule has 5 atom stereocenters. The van der Waals surface area contributed by atoms with E-state index in [0.717, 1.165) is 0 Å². The molecule has 2 unspecified atom stereocenters. The Bertz CT molecular complexity index is 614. The maximum absolute atomic E-state index is 11.8. The molecule has 0 radical (unpaired) electrons. The van der Waals surface area contributed by atoms with E-state index in [2.05, 4.69) is 4.98 Å². The van der Waals surface area contributed by atoms with Crippen molar-refractivity contribution < 1.29 is 14.9 Å². The first-order valence-corrected chi connectivity index (χ1v) is 7.77. The largest absolute Gasteiger partial charge is 0.387 e. The number of aliphatic hydroxyl groups excluding tert-OH is 1. The number of thioether (sulfide) groups is 1. The third kappa shape index (κ3) is 1.54. The molecule has 1 saturated heterocycles. The molecule has 2 heterocycles. The molecular formula is C11H14ClN3O4S. The predicted molar refractivity (Wildman–Crippen MR) is 74.7 cm³/mol. The molecule has 0 amide bonds. The molecule has 0 spiro atoms. The number of hydrogen-bond donors (Lipinski definition) is 3. The van der Waals surface area contributed by atoms with Gasteiger partial charge in [0, 0.05) is 11.9 Å². The van der Waals surface area contributed by atoms with Crippen molar-refractivity contribution in [3.05, 3.63) is 22.7 Å². The highest BCUT2D eigenvalue weighted by molar-refractivity contribution is 7.98. The quantitative estimate of drug-likeness (QED) is 0.624. The first-order valence-electron chi connectivity index (χ1n) is 5.94. The molecule has 4 N–H and O–H groups in total. The van der Waals surface area contributed by atoms with E-state index in [0.29, 0.717) is 5.75 Å². The van der Waals surface area contributed by atoms with Crippen molar-refractivity contribution in [2.24, 2.45) is 0 Å². The van der Waals surface area contributed by atoms with E-state index in [1.54, 1.807) is 0 Å². The fraction of sp³-hybridized carbons (Fsp3) is 0.636. The van der Waals surface area contributed by atoms with Gasteiger partial charge in [0.05, 0.1) is 0 Å². The number of nitrogens with zero attached hydrogens (tertiary/aromatic N) is 2. The van der Waals surface area contributed by atoms with Crippen molar-refractivity contribution in [1.82, 2.24) is 9.55 Å². The summed E-state index contributed by atoms with van der Waals surface area (Å²) in [6.07, 6.45) is 1.30. The monoisotopic (exact) mass is 319 g/mol. The Labute approximate surface area is 123 Å². The molecule has 1 aliphatic heterocycles. The van der Waals surface area contributed by atoms with Crippen LogP contribution in [0.15, 0.2) is 17.1 Å². The van der Waals surface area contributed by atoms with Gasteiger partial charge in [0.1, 0.15) is 28.5 Å². The first kappa shape index (κ1) is 14.2. The van der Waals surface area contributed by atoms with Crippen LogP contribution in [-0.2, 0) is 4.74 Å². The first-order chi connectivity index (χ1) is 9.38. The molecule has 0 bridgehead atoms. The third-order valence-corrected chi connectivity index (χ3v) is 5.21. The molecule has 1 aromatic rings. The molecule has 9 heteroatoms. The van der Waals surface area contributed by atoms with Gasteiger partial charge in [-0.2, -0.15) is 16.7 Å². The molecule has 2 aliphatic rings. The van der Waals surface area contributed by atoms with Crippen LogP contribution in [0.2, 0.25) is 0 Å². The highest BCUT2D eigenvalue weighted by atomic mass is 35.5. The average Bonchev–Trinajstić information content (AvgIpc) is 2.73. The summed E-state index contributed by atoms with van der Waals surface area (Å²) in [5, 5.41) is 19.5. The Hall–Kier alpha value is -0.800. The Morgan fingerprint density at radius 1 is 1.70 bits per heavy atom.